The number of hydrogen-bond acceptors (Lipinski definition) is 1. The second-order valence-corrected chi connectivity index (χ2v) is 9.02. The van der Waals surface area contributed by atoms with Crippen molar-refractivity contribution in [3.63, 3.8) is 0 Å². The Morgan fingerprint density at radius 1 is 0.429 bits per heavy atom. The summed E-state index contributed by atoms with van der Waals surface area (Å²) < 4.78 is 11.1. The predicted molar refractivity (Wildman–Crippen MR) is 145 cm³/mol. The first-order valence-corrected chi connectivity index (χ1v) is 11.9. The minimum atomic E-state index is 0.913. The Balaban J connectivity index is 1.47. The summed E-state index contributed by atoms with van der Waals surface area (Å²) in [5.74, 6) is 0. The van der Waals surface area contributed by atoms with Crippen molar-refractivity contribution >= 4 is 54.8 Å². The lowest BCUT2D eigenvalue weighted by Crippen LogP contribution is -1.98. The Hall–Kier alpha value is -4.76. The molecule has 3 heteroatoms. The Labute approximate surface area is 201 Å². The first-order valence-electron chi connectivity index (χ1n) is 11.9. The summed E-state index contributed by atoms with van der Waals surface area (Å²) in [7, 11) is 0. The molecule has 8 aromatic rings. The first-order chi connectivity index (χ1) is 17.4. The maximum Gasteiger partial charge on any atom is 0.161 e. The minimum absolute atomic E-state index is 0.913. The van der Waals surface area contributed by atoms with Gasteiger partial charge in [0.25, 0.3) is 0 Å². The normalized spacial score (nSPS) is 12.0. The highest BCUT2D eigenvalue weighted by atomic mass is 16.3. The zero-order valence-electron chi connectivity index (χ0n) is 18.8. The second kappa shape index (κ2) is 6.87. The number of fused-ring (bicyclic) bond motifs is 8. The van der Waals surface area contributed by atoms with Crippen LogP contribution in [0.3, 0.4) is 0 Å². The van der Waals surface area contributed by atoms with Crippen molar-refractivity contribution in [2.45, 2.75) is 0 Å². The molecule has 0 bridgehead atoms. The van der Waals surface area contributed by atoms with Crippen LogP contribution in [0.25, 0.3) is 66.2 Å². The molecule has 0 aliphatic carbocycles. The summed E-state index contributed by atoms with van der Waals surface area (Å²) in [6.07, 6.45) is 0. The topological polar surface area (TPSA) is 23.0 Å². The summed E-state index contributed by atoms with van der Waals surface area (Å²) in [6.45, 7) is 0. The van der Waals surface area contributed by atoms with Crippen LogP contribution in [-0.4, -0.2) is 9.13 Å². The molecule has 0 atom stereocenters. The van der Waals surface area contributed by atoms with Gasteiger partial charge < -0.3 is 13.6 Å². The fraction of sp³-hybridized carbons (Fsp3) is 0. The van der Waals surface area contributed by atoms with Crippen molar-refractivity contribution < 1.29 is 4.42 Å². The van der Waals surface area contributed by atoms with E-state index in [2.05, 4.69) is 118 Å². The lowest BCUT2D eigenvalue weighted by molar-refractivity contribution is 0.673. The predicted octanol–water partition coefficient (Wildman–Crippen LogP) is 8.63. The third-order valence-corrected chi connectivity index (χ3v) is 7.11. The van der Waals surface area contributed by atoms with Gasteiger partial charge in [0.15, 0.2) is 5.58 Å². The molecular weight excluding hydrogens is 428 g/mol. The van der Waals surface area contributed by atoms with E-state index in [-0.39, 0.29) is 0 Å². The van der Waals surface area contributed by atoms with Crippen LogP contribution in [0, 0.1) is 0 Å². The Kier molecular flexibility index (Phi) is 3.66. The largest absolute Gasteiger partial charge is 0.454 e. The van der Waals surface area contributed by atoms with E-state index in [9.17, 15) is 0 Å². The summed E-state index contributed by atoms with van der Waals surface area (Å²) in [4.78, 5) is 0. The molecule has 5 aromatic carbocycles. The molecule has 0 radical (unpaired) electrons. The highest BCUT2D eigenvalue weighted by Gasteiger charge is 2.19. The summed E-state index contributed by atoms with van der Waals surface area (Å²) >= 11 is 0. The third-order valence-electron chi connectivity index (χ3n) is 7.11. The molecule has 0 aliphatic heterocycles. The van der Waals surface area contributed by atoms with Gasteiger partial charge >= 0.3 is 0 Å². The van der Waals surface area contributed by atoms with E-state index in [0.29, 0.717) is 0 Å². The molecule has 8 rings (SSSR count). The van der Waals surface area contributed by atoms with Crippen molar-refractivity contribution in [2.75, 3.05) is 0 Å². The van der Waals surface area contributed by atoms with Crippen LogP contribution in [-0.2, 0) is 0 Å². The molecule has 0 unspecified atom stereocenters. The van der Waals surface area contributed by atoms with Crippen LogP contribution in [0.4, 0.5) is 0 Å². The number of para-hydroxylation sites is 4. The van der Waals surface area contributed by atoms with Gasteiger partial charge in [0, 0.05) is 32.9 Å². The van der Waals surface area contributed by atoms with Crippen LogP contribution in [0.1, 0.15) is 0 Å². The lowest BCUT2D eigenvalue weighted by Gasteiger charge is -2.12. The number of rotatable bonds is 2. The van der Waals surface area contributed by atoms with E-state index in [0.717, 1.165) is 44.3 Å². The van der Waals surface area contributed by atoms with E-state index in [4.69, 9.17) is 4.42 Å². The number of aromatic nitrogens is 2. The molecule has 0 N–H and O–H groups in total. The number of hydrogen-bond donors (Lipinski definition) is 0. The molecule has 3 aromatic heterocycles. The molecule has 0 saturated heterocycles. The van der Waals surface area contributed by atoms with E-state index >= 15 is 0 Å². The van der Waals surface area contributed by atoms with Crippen molar-refractivity contribution in [3.05, 3.63) is 121 Å². The number of furan rings is 1. The molecule has 0 saturated carbocycles. The van der Waals surface area contributed by atoms with Gasteiger partial charge in [-0.2, -0.15) is 0 Å². The zero-order chi connectivity index (χ0) is 22.9. The van der Waals surface area contributed by atoms with Gasteiger partial charge in [-0.05, 0) is 54.6 Å². The van der Waals surface area contributed by atoms with E-state index in [1.54, 1.807) is 0 Å². The molecule has 0 aliphatic rings. The SMILES string of the molecule is c1cc(-n2c3ccccc3c3ccccc32)cc(-n2c3ccccc3c3oc4ccccc4c32)c1. The second-order valence-electron chi connectivity index (χ2n) is 9.02. The summed E-state index contributed by atoms with van der Waals surface area (Å²) in [5, 5.41) is 4.79. The standard InChI is InChI=1S/C32H20N2O/c1-5-16-27-23(12-1)24-13-2-6-17-28(24)33(27)21-10-9-11-22(20-21)34-29-18-7-3-14-25(29)32-31(34)26-15-4-8-19-30(26)35-32/h1-20H. The Bertz CT molecular complexity index is 2010. The molecule has 164 valence electrons. The average Bonchev–Trinajstić information content (AvgIpc) is 3.56. The number of benzene rings is 5. The minimum Gasteiger partial charge on any atom is -0.454 e. The Morgan fingerprint density at radius 3 is 1.63 bits per heavy atom. The van der Waals surface area contributed by atoms with Crippen LogP contribution < -0.4 is 0 Å². The lowest BCUT2D eigenvalue weighted by atomic mass is 10.2. The highest BCUT2D eigenvalue weighted by molar-refractivity contribution is 6.16. The Morgan fingerprint density at radius 2 is 0.943 bits per heavy atom. The number of nitrogens with zero attached hydrogens (tertiary/aromatic N) is 2. The highest BCUT2D eigenvalue weighted by Crippen LogP contribution is 2.39. The molecule has 3 nitrogen and oxygen atoms in total. The quantitative estimate of drug-likeness (QED) is 0.259. The van der Waals surface area contributed by atoms with Gasteiger partial charge in [-0.3, -0.25) is 0 Å². The van der Waals surface area contributed by atoms with Gasteiger partial charge in [-0.25, -0.2) is 0 Å². The average molecular weight is 449 g/mol. The van der Waals surface area contributed by atoms with Crippen LogP contribution in [0.15, 0.2) is 126 Å². The molecule has 35 heavy (non-hydrogen) atoms. The zero-order valence-corrected chi connectivity index (χ0v) is 18.8. The maximum absolute atomic E-state index is 6.36. The van der Waals surface area contributed by atoms with Gasteiger partial charge in [-0.15, -0.1) is 0 Å². The first kappa shape index (κ1) is 18.6. The molecule has 0 spiro atoms. The van der Waals surface area contributed by atoms with Crippen LogP contribution >= 0.6 is 0 Å². The van der Waals surface area contributed by atoms with Crippen molar-refractivity contribution in [3.8, 4) is 11.4 Å². The smallest absolute Gasteiger partial charge is 0.161 e. The van der Waals surface area contributed by atoms with Crippen LogP contribution in [0.2, 0.25) is 0 Å². The maximum atomic E-state index is 6.36. The summed E-state index contributed by atoms with van der Waals surface area (Å²) in [6, 6.07) is 42.9. The fourth-order valence-electron chi connectivity index (χ4n) is 5.66. The monoisotopic (exact) mass is 448 g/mol. The van der Waals surface area contributed by atoms with Crippen LogP contribution in [0.5, 0.6) is 0 Å². The van der Waals surface area contributed by atoms with Gasteiger partial charge in [0.1, 0.15) is 11.1 Å². The van der Waals surface area contributed by atoms with Gasteiger partial charge in [-0.1, -0.05) is 66.7 Å². The van der Waals surface area contributed by atoms with E-state index in [1.807, 2.05) is 12.1 Å². The molecule has 0 fully saturated rings. The van der Waals surface area contributed by atoms with Crippen molar-refractivity contribution in [1.29, 1.82) is 0 Å². The third kappa shape index (κ3) is 2.50. The van der Waals surface area contributed by atoms with Crippen molar-refractivity contribution in [1.82, 2.24) is 9.13 Å². The molecule has 3 heterocycles. The fourth-order valence-corrected chi connectivity index (χ4v) is 5.66. The summed E-state index contributed by atoms with van der Waals surface area (Å²) in [5.41, 5.74) is 8.78. The van der Waals surface area contributed by atoms with Gasteiger partial charge in [0.05, 0.1) is 16.6 Å². The van der Waals surface area contributed by atoms with E-state index < -0.39 is 0 Å². The van der Waals surface area contributed by atoms with Crippen molar-refractivity contribution in [2.24, 2.45) is 0 Å². The van der Waals surface area contributed by atoms with E-state index in [1.165, 1.54) is 21.8 Å². The molecular formula is C32H20N2O. The van der Waals surface area contributed by atoms with Gasteiger partial charge in [0.2, 0.25) is 0 Å². The molecule has 0 amide bonds.